The van der Waals surface area contributed by atoms with E-state index in [1.165, 1.54) is 12.1 Å². The summed E-state index contributed by atoms with van der Waals surface area (Å²) in [5.41, 5.74) is 0.717. The zero-order valence-electron chi connectivity index (χ0n) is 12.8. The Morgan fingerprint density at radius 2 is 1.83 bits per heavy atom. The molecular weight excluding hydrogens is 314 g/mol. The quantitative estimate of drug-likeness (QED) is 0.831. The van der Waals surface area contributed by atoms with Gasteiger partial charge in [0, 0.05) is 12.7 Å². The van der Waals surface area contributed by atoms with Crippen molar-refractivity contribution in [3.8, 4) is 0 Å². The number of hydrogen-bond acceptors (Lipinski definition) is 4. The molecule has 1 aromatic heterocycles. The van der Waals surface area contributed by atoms with Gasteiger partial charge in [-0.2, -0.15) is 4.31 Å². The zero-order valence-corrected chi connectivity index (χ0v) is 13.7. The van der Waals surface area contributed by atoms with Crippen molar-refractivity contribution < 1.29 is 13.2 Å². The molecule has 1 aromatic carbocycles. The first-order valence-electron chi connectivity index (χ1n) is 7.26. The van der Waals surface area contributed by atoms with Gasteiger partial charge in [0.1, 0.15) is 0 Å². The van der Waals surface area contributed by atoms with Crippen LogP contribution in [0, 0.1) is 0 Å². The number of benzene rings is 1. The molecule has 0 aliphatic carbocycles. The van der Waals surface area contributed by atoms with Gasteiger partial charge in [-0.3, -0.25) is 9.78 Å². The summed E-state index contributed by atoms with van der Waals surface area (Å²) in [7, 11) is -3.67. The number of nitrogens with zero attached hydrogens (tertiary/aromatic N) is 2. The Hall–Kier alpha value is -2.25. The highest BCUT2D eigenvalue weighted by Gasteiger charge is 2.24. The first-order valence-corrected chi connectivity index (χ1v) is 8.70. The van der Waals surface area contributed by atoms with Crippen LogP contribution in [0.2, 0.25) is 0 Å². The number of aromatic nitrogens is 1. The predicted octanol–water partition coefficient (Wildman–Crippen LogP) is 1.41. The third-order valence-electron chi connectivity index (χ3n) is 3.25. The molecule has 1 heterocycles. The molecule has 0 bridgehead atoms. The number of pyridine rings is 1. The maximum absolute atomic E-state index is 12.5. The lowest BCUT2D eigenvalue weighted by Gasteiger charge is -2.20. The summed E-state index contributed by atoms with van der Waals surface area (Å²) in [6.07, 6.45) is 1.64. The first-order chi connectivity index (χ1) is 11.0. The van der Waals surface area contributed by atoms with Gasteiger partial charge in [0.15, 0.2) is 0 Å². The van der Waals surface area contributed by atoms with Crippen molar-refractivity contribution in [2.45, 2.75) is 18.4 Å². The van der Waals surface area contributed by atoms with Crippen molar-refractivity contribution in [3.05, 3.63) is 60.4 Å². The normalized spacial score (nSPS) is 11.4. The Labute approximate surface area is 136 Å². The maximum Gasteiger partial charge on any atom is 0.243 e. The van der Waals surface area contributed by atoms with Crippen LogP contribution in [-0.2, 0) is 21.4 Å². The topological polar surface area (TPSA) is 79.4 Å². The minimum Gasteiger partial charge on any atom is -0.349 e. The van der Waals surface area contributed by atoms with E-state index in [1.807, 2.05) is 6.07 Å². The second-order valence-corrected chi connectivity index (χ2v) is 6.78. The van der Waals surface area contributed by atoms with Crippen molar-refractivity contribution in [2.75, 3.05) is 13.1 Å². The molecule has 2 aromatic rings. The van der Waals surface area contributed by atoms with Crippen molar-refractivity contribution in [1.29, 1.82) is 0 Å². The molecule has 2 rings (SSSR count). The smallest absolute Gasteiger partial charge is 0.243 e. The molecule has 122 valence electrons. The number of carbonyl (C=O) groups is 1. The largest absolute Gasteiger partial charge is 0.349 e. The van der Waals surface area contributed by atoms with Gasteiger partial charge in [0.05, 0.1) is 23.7 Å². The molecule has 7 heteroatoms. The van der Waals surface area contributed by atoms with Crippen LogP contribution in [-0.4, -0.2) is 36.7 Å². The third-order valence-corrected chi connectivity index (χ3v) is 5.18. The Kier molecular flexibility index (Phi) is 5.84. The van der Waals surface area contributed by atoms with Gasteiger partial charge in [0.25, 0.3) is 0 Å². The lowest BCUT2D eigenvalue weighted by atomic mass is 10.3. The summed E-state index contributed by atoms with van der Waals surface area (Å²) >= 11 is 0. The van der Waals surface area contributed by atoms with Gasteiger partial charge >= 0.3 is 0 Å². The fourth-order valence-corrected chi connectivity index (χ4v) is 3.44. The van der Waals surface area contributed by atoms with Gasteiger partial charge in [0.2, 0.25) is 15.9 Å². The number of rotatable bonds is 7. The summed E-state index contributed by atoms with van der Waals surface area (Å²) in [5.74, 6) is -0.364. The van der Waals surface area contributed by atoms with E-state index in [1.54, 1.807) is 43.5 Å². The lowest BCUT2D eigenvalue weighted by molar-refractivity contribution is -0.121. The lowest BCUT2D eigenvalue weighted by Crippen LogP contribution is -2.40. The van der Waals surface area contributed by atoms with E-state index in [4.69, 9.17) is 0 Å². The molecule has 0 saturated carbocycles. The number of amides is 1. The van der Waals surface area contributed by atoms with E-state index in [0.717, 1.165) is 10.00 Å². The molecule has 1 N–H and O–H groups in total. The molecule has 0 atom stereocenters. The monoisotopic (exact) mass is 333 g/mol. The standard InChI is InChI=1S/C16H19N3O3S/c1-2-19(23(21,22)15-9-4-3-5-10-15)13-16(20)18-12-14-8-6-7-11-17-14/h3-11H,2,12-13H2,1H3,(H,18,20). The van der Waals surface area contributed by atoms with Gasteiger partial charge in [-0.05, 0) is 24.3 Å². The number of nitrogens with one attached hydrogen (secondary N) is 1. The van der Waals surface area contributed by atoms with Crippen LogP contribution >= 0.6 is 0 Å². The van der Waals surface area contributed by atoms with Crippen LogP contribution in [0.25, 0.3) is 0 Å². The number of likely N-dealkylation sites (N-methyl/N-ethyl adjacent to an activating group) is 1. The third kappa shape index (κ3) is 4.61. The number of carbonyl (C=O) groups excluding carboxylic acids is 1. The van der Waals surface area contributed by atoms with Crippen molar-refractivity contribution in [2.24, 2.45) is 0 Å². The molecule has 1 amide bonds. The van der Waals surface area contributed by atoms with Gasteiger partial charge in [-0.1, -0.05) is 31.2 Å². The van der Waals surface area contributed by atoms with E-state index >= 15 is 0 Å². The van der Waals surface area contributed by atoms with Crippen molar-refractivity contribution in [1.82, 2.24) is 14.6 Å². The highest BCUT2D eigenvalue weighted by Crippen LogP contribution is 2.14. The second-order valence-electron chi connectivity index (χ2n) is 4.84. The van der Waals surface area contributed by atoms with Gasteiger partial charge in [-0.25, -0.2) is 8.42 Å². The molecule has 0 spiro atoms. The van der Waals surface area contributed by atoms with Crippen LogP contribution in [0.5, 0.6) is 0 Å². The Morgan fingerprint density at radius 3 is 2.43 bits per heavy atom. The van der Waals surface area contributed by atoms with E-state index in [-0.39, 0.29) is 30.4 Å². The fourth-order valence-electron chi connectivity index (χ4n) is 2.02. The molecule has 0 saturated heterocycles. The van der Waals surface area contributed by atoms with E-state index in [0.29, 0.717) is 0 Å². The molecule has 6 nitrogen and oxygen atoms in total. The molecular formula is C16H19N3O3S. The molecule has 23 heavy (non-hydrogen) atoms. The van der Waals surface area contributed by atoms with E-state index in [9.17, 15) is 13.2 Å². The van der Waals surface area contributed by atoms with Crippen LogP contribution in [0.3, 0.4) is 0 Å². The van der Waals surface area contributed by atoms with Crippen LogP contribution in [0.1, 0.15) is 12.6 Å². The Morgan fingerprint density at radius 1 is 1.13 bits per heavy atom. The molecule has 0 aliphatic heterocycles. The predicted molar refractivity (Wildman–Crippen MR) is 87.0 cm³/mol. The number of sulfonamides is 1. The summed E-state index contributed by atoms with van der Waals surface area (Å²) in [4.78, 5) is 16.3. The highest BCUT2D eigenvalue weighted by molar-refractivity contribution is 7.89. The zero-order chi connectivity index (χ0) is 16.7. The number of hydrogen-bond donors (Lipinski definition) is 1. The molecule has 0 radical (unpaired) electrons. The van der Waals surface area contributed by atoms with E-state index < -0.39 is 10.0 Å². The minimum absolute atomic E-state index is 0.180. The summed E-state index contributed by atoms with van der Waals surface area (Å²) in [6.45, 7) is 1.96. The average Bonchev–Trinajstić information content (AvgIpc) is 2.59. The maximum atomic E-state index is 12.5. The van der Waals surface area contributed by atoms with Gasteiger partial charge in [-0.15, -0.1) is 0 Å². The SMILES string of the molecule is CCN(CC(=O)NCc1ccccn1)S(=O)(=O)c1ccccc1. The van der Waals surface area contributed by atoms with Gasteiger partial charge < -0.3 is 5.32 Å². The van der Waals surface area contributed by atoms with Crippen LogP contribution in [0.15, 0.2) is 59.6 Å². The van der Waals surface area contributed by atoms with Crippen molar-refractivity contribution >= 4 is 15.9 Å². The van der Waals surface area contributed by atoms with Crippen LogP contribution < -0.4 is 5.32 Å². The summed E-state index contributed by atoms with van der Waals surface area (Å²) < 4.78 is 26.2. The Bertz CT molecular complexity index is 734. The summed E-state index contributed by atoms with van der Waals surface area (Å²) in [6, 6.07) is 13.5. The van der Waals surface area contributed by atoms with E-state index in [2.05, 4.69) is 10.3 Å². The van der Waals surface area contributed by atoms with Crippen LogP contribution in [0.4, 0.5) is 0 Å². The Balaban J connectivity index is 2.00. The summed E-state index contributed by atoms with van der Waals surface area (Å²) in [5, 5.41) is 2.68. The first kappa shape index (κ1) is 17.1. The average molecular weight is 333 g/mol. The molecule has 0 aliphatic rings. The second kappa shape index (κ2) is 7.85. The molecule has 0 fully saturated rings. The minimum atomic E-state index is -3.67. The highest BCUT2D eigenvalue weighted by atomic mass is 32.2. The molecule has 0 unspecified atom stereocenters. The fraction of sp³-hybridized carbons (Fsp3) is 0.250. The van der Waals surface area contributed by atoms with Crippen molar-refractivity contribution in [3.63, 3.8) is 0 Å².